The van der Waals surface area contributed by atoms with E-state index in [2.05, 4.69) is 5.32 Å². The predicted molar refractivity (Wildman–Crippen MR) is 98.6 cm³/mol. The number of nitrogens with one attached hydrogen (secondary N) is 1. The van der Waals surface area contributed by atoms with Crippen LogP contribution >= 0.6 is 23.2 Å². The molecular weight excluding hydrogens is 369 g/mol. The number of benzene rings is 2. The summed E-state index contributed by atoms with van der Waals surface area (Å²) in [5, 5.41) is 3.77. The highest BCUT2D eigenvalue weighted by Gasteiger charge is 2.06. The summed E-state index contributed by atoms with van der Waals surface area (Å²) in [4.78, 5) is 12.6. The van der Waals surface area contributed by atoms with Crippen molar-refractivity contribution in [1.29, 1.82) is 0 Å². The molecule has 2 aromatic rings. The third kappa shape index (κ3) is 5.82. The van der Waals surface area contributed by atoms with Crippen molar-refractivity contribution in [1.82, 2.24) is 0 Å². The molecule has 0 aliphatic heterocycles. The zero-order chi connectivity index (χ0) is 17.5. The minimum Gasteiger partial charge on any atom is -0.492 e. The largest absolute Gasteiger partial charge is 0.492 e. The highest BCUT2D eigenvalue weighted by atomic mass is 35.5. The average molecular weight is 386 g/mol. The Morgan fingerprint density at radius 1 is 1.21 bits per heavy atom. The lowest BCUT2D eigenvalue weighted by Gasteiger charge is -2.09. The van der Waals surface area contributed by atoms with E-state index in [-0.39, 0.29) is 5.91 Å². The highest BCUT2D eigenvalue weighted by molar-refractivity contribution is 7.84. The van der Waals surface area contributed by atoms with Gasteiger partial charge in [-0.05, 0) is 42.8 Å². The van der Waals surface area contributed by atoms with Gasteiger partial charge in [0, 0.05) is 39.1 Å². The van der Waals surface area contributed by atoms with Crippen LogP contribution in [0.5, 0.6) is 5.75 Å². The lowest BCUT2D eigenvalue weighted by Crippen LogP contribution is -2.13. The summed E-state index contributed by atoms with van der Waals surface area (Å²) in [6, 6.07) is 12.0. The number of carbonyl (C=O) groups excluding carboxylic acids is 1. The second-order valence-electron chi connectivity index (χ2n) is 5.06. The fraction of sp³-hybridized carbons (Fsp3) is 0.235. The second-order valence-corrected chi connectivity index (χ2v) is 7.28. The molecule has 128 valence electrons. The lowest BCUT2D eigenvalue weighted by atomic mass is 10.2. The molecular formula is C17H17Cl2NO3S. The smallest absolute Gasteiger partial charge is 0.224 e. The number of rotatable bonds is 7. The SMILES string of the molecule is CS(=O)c1cccc(NC(=O)CCCOc2ccc(Cl)cc2Cl)c1. The Hall–Kier alpha value is -1.56. The maximum atomic E-state index is 11.9. The zero-order valence-electron chi connectivity index (χ0n) is 13.1. The molecule has 0 radical (unpaired) electrons. The van der Waals surface area contributed by atoms with Crippen molar-refractivity contribution >= 4 is 45.6 Å². The van der Waals surface area contributed by atoms with Gasteiger partial charge >= 0.3 is 0 Å². The van der Waals surface area contributed by atoms with Gasteiger partial charge in [-0.15, -0.1) is 0 Å². The van der Waals surface area contributed by atoms with Crippen LogP contribution in [0.15, 0.2) is 47.4 Å². The summed E-state index contributed by atoms with van der Waals surface area (Å²) < 4.78 is 17.0. The molecule has 1 amide bonds. The summed E-state index contributed by atoms with van der Waals surface area (Å²) in [7, 11) is -1.08. The van der Waals surface area contributed by atoms with Crippen LogP contribution in [-0.2, 0) is 15.6 Å². The Balaban J connectivity index is 1.77. The second kappa shape index (κ2) is 9.06. The molecule has 0 saturated heterocycles. The summed E-state index contributed by atoms with van der Waals surface area (Å²) >= 11 is 11.8. The first-order valence-electron chi connectivity index (χ1n) is 7.27. The van der Waals surface area contributed by atoms with Gasteiger partial charge in [-0.1, -0.05) is 29.3 Å². The van der Waals surface area contributed by atoms with E-state index in [4.69, 9.17) is 27.9 Å². The van der Waals surface area contributed by atoms with E-state index in [0.29, 0.717) is 45.8 Å². The number of ether oxygens (including phenoxy) is 1. The van der Waals surface area contributed by atoms with Crippen LogP contribution in [0.4, 0.5) is 5.69 Å². The number of hydrogen-bond acceptors (Lipinski definition) is 3. The molecule has 0 saturated carbocycles. The van der Waals surface area contributed by atoms with Gasteiger partial charge in [-0.2, -0.15) is 0 Å². The first kappa shape index (κ1) is 18.8. The Morgan fingerprint density at radius 2 is 2.00 bits per heavy atom. The van der Waals surface area contributed by atoms with Gasteiger partial charge in [0.1, 0.15) is 5.75 Å². The van der Waals surface area contributed by atoms with Gasteiger partial charge in [-0.3, -0.25) is 9.00 Å². The van der Waals surface area contributed by atoms with E-state index < -0.39 is 10.8 Å². The van der Waals surface area contributed by atoms with Crippen molar-refractivity contribution in [2.45, 2.75) is 17.7 Å². The van der Waals surface area contributed by atoms with E-state index in [1.807, 2.05) is 0 Å². The molecule has 24 heavy (non-hydrogen) atoms. The molecule has 0 spiro atoms. The Labute approximate surface area is 153 Å². The third-order valence-corrected chi connectivity index (χ3v) is 4.60. The quantitative estimate of drug-likeness (QED) is 0.712. The molecule has 0 aromatic heterocycles. The van der Waals surface area contributed by atoms with E-state index in [1.165, 1.54) is 0 Å². The van der Waals surface area contributed by atoms with Crippen LogP contribution in [-0.4, -0.2) is 23.0 Å². The fourth-order valence-electron chi connectivity index (χ4n) is 1.98. The van der Waals surface area contributed by atoms with Gasteiger partial charge < -0.3 is 10.1 Å². The maximum absolute atomic E-state index is 11.9. The van der Waals surface area contributed by atoms with Crippen molar-refractivity contribution < 1.29 is 13.7 Å². The van der Waals surface area contributed by atoms with Gasteiger partial charge in [0.05, 0.1) is 11.6 Å². The average Bonchev–Trinajstić information content (AvgIpc) is 2.53. The van der Waals surface area contributed by atoms with Crippen LogP contribution in [0.2, 0.25) is 10.0 Å². The molecule has 1 unspecified atom stereocenters. The van der Waals surface area contributed by atoms with E-state index in [1.54, 1.807) is 48.7 Å². The van der Waals surface area contributed by atoms with Crippen LogP contribution < -0.4 is 10.1 Å². The van der Waals surface area contributed by atoms with Crippen LogP contribution in [0.3, 0.4) is 0 Å². The van der Waals surface area contributed by atoms with Gasteiger partial charge in [0.25, 0.3) is 0 Å². The van der Waals surface area contributed by atoms with Gasteiger partial charge in [0.15, 0.2) is 0 Å². The van der Waals surface area contributed by atoms with E-state index in [0.717, 1.165) is 0 Å². The van der Waals surface area contributed by atoms with Gasteiger partial charge in [-0.25, -0.2) is 0 Å². The minimum absolute atomic E-state index is 0.125. The molecule has 0 bridgehead atoms. The number of carbonyl (C=O) groups is 1. The van der Waals surface area contributed by atoms with Crippen LogP contribution in [0.25, 0.3) is 0 Å². The molecule has 1 N–H and O–H groups in total. The van der Waals surface area contributed by atoms with Gasteiger partial charge in [0.2, 0.25) is 5.91 Å². The summed E-state index contributed by atoms with van der Waals surface area (Å²) in [5.41, 5.74) is 0.634. The first-order valence-corrected chi connectivity index (χ1v) is 9.58. The topological polar surface area (TPSA) is 55.4 Å². The van der Waals surface area contributed by atoms with Crippen LogP contribution in [0, 0.1) is 0 Å². The van der Waals surface area contributed by atoms with Crippen LogP contribution in [0.1, 0.15) is 12.8 Å². The summed E-state index contributed by atoms with van der Waals surface area (Å²) in [6.45, 7) is 0.369. The molecule has 0 aliphatic rings. The number of amides is 1. The normalized spacial score (nSPS) is 11.8. The minimum atomic E-state index is -1.08. The summed E-state index contributed by atoms with van der Waals surface area (Å²) in [6.07, 6.45) is 2.45. The molecule has 1 atom stereocenters. The Morgan fingerprint density at radius 3 is 2.71 bits per heavy atom. The molecule has 2 aromatic carbocycles. The molecule has 7 heteroatoms. The molecule has 0 fully saturated rings. The molecule has 0 aliphatic carbocycles. The maximum Gasteiger partial charge on any atom is 0.224 e. The zero-order valence-corrected chi connectivity index (χ0v) is 15.4. The highest BCUT2D eigenvalue weighted by Crippen LogP contribution is 2.27. The molecule has 0 heterocycles. The monoisotopic (exact) mass is 385 g/mol. The number of hydrogen-bond donors (Lipinski definition) is 1. The van der Waals surface area contributed by atoms with Crippen molar-refractivity contribution in [2.24, 2.45) is 0 Å². The standard InChI is InChI=1S/C17H17Cl2NO3S/c1-24(22)14-5-2-4-13(11-14)20-17(21)6-3-9-23-16-8-7-12(18)10-15(16)19/h2,4-5,7-8,10-11H,3,6,9H2,1H3,(H,20,21). The Kier molecular flexibility index (Phi) is 7.09. The first-order chi connectivity index (χ1) is 11.5. The lowest BCUT2D eigenvalue weighted by molar-refractivity contribution is -0.116. The van der Waals surface area contributed by atoms with E-state index in [9.17, 15) is 9.00 Å². The number of halogens is 2. The fourth-order valence-corrected chi connectivity index (χ4v) is 3.01. The van der Waals surface area contributed by atoms with Crippen molar-refractivity contribution in [3.63, 3.8) is 0 Å². The summed E-state index contributed by atoms with van der Waals surface area (Å²) in [5.74, 6) is 0.416. The third-order valence-electron chi connectivity index (χ3n) is 3.15. The van der Waals surface area contributed by atoms with Crippen molar-refractivity contribution in [3.8, 4) is 5.75 Å². The Bertz CT molecular complexity index is 752. The van der Waals surface area contributed by atoms with E-state index >= 15 is 0 Å². The molecule has 2 rings (SSSR count). The predicted octanol–water partition coefficient (Wildman–Crippen LogP) is 4.53. The van der Waals surface area contributed by atoms with Crippen molar-refractivity contribution in [3.05, 3.63) is 52.5 Å². The van der Waals surface area contributed by atoms with Crippen molar-refractivity contribution in [2.75, 3.05) is 18.2 Å². The number of anilines is 1. The molecule has 4 nitrogen and oxygen atoms in total.